The summed E-state index contributed by atoms with van der Waals surface area (Å²) in [6.07, 6.45) is 0.878. The first-order valence-electron chi connectivity index (χ1n) is 6.00. The molecule has 0 heterocycles. The minimum absolute atomic E-state index is 0.104. The number of carboxylic acid groups (broad SMARTS) is 1. The van der Waals surface area contributed by atoms with Crippen molar-refractivity contribution >= 4 is 11.9 Å². The van der Waals surface area contributed by atoms with Crippen LogP contribution < -0.4 is 5.73 Å². The predicted octanol–water partition coefficient (Wildman–Crippen LogP) is 2.63. The van der Waals surface area contributed by atoms with Crippen LogP contribution in [-0.4, -0.2) is 17.0 Å². The molecule has 1 aromatic rings. The second kappa shape index (κ2) is 5.67. The number of carboxylic acids is 1. The molecule has 0 aliphatic carbocycles. The first kappa shape index (κ1) is 14.2. The number of hydrogen-bond donors (Lipinski definition) is 2. The molecular weight excluding hydrogens is 230 g/mol. The average Bonchev–Trinajstić information content (AvgIpc) is 2.26. The van der Waals surface area contributed by atoms with E-state index >= 15 is 0 Å². The van der Waals surface area contributed by atoms with E-state index in [1.54, 1.807) is 6.07 Å². The summed E-state index contributed by atoms with van der Waals surface area (Å²) in [4.78, 5) is 22.3. The molecule has 1 rings (SSSR count). The van der Waals surface area contributed by atoms with Crippen LogP contribution in [0.2, 0.25) is 0 Å². The standard InChI is InChI=1S/C14H19NO3/c1-8(2)6-9(3)12-7-10(14(17)18)4-5-11(12)13(15)16/h4-5,7-9H,6H2,1-3H3,(H2,15,16)(H,17,18). The fraction of sp³-hybridized carbons (Fsp3) is 0.429. The summed E-state index contributed by atoms with van der Waals surface area (Å²) in [7, 11) is 0. The van der Waals surface area contributed by atoms with Crippen LogP contribution in [0.5, 0.6) is 0 Å². The van der Waals surface area contributed by atoms with E-state index in [1.165, 1.54) is 12.1 Å². The summed E-state index contributed by atoms with van der Waals surface area (Å²) in [6, 6.07) is 4.46. The highest BCUT2D eigenvalue weighted by atomic mass is 16.4. The molecule has 1 atom stereocenters. The van der Waals surface area contributed by atoms with Gasteiger partial charge in [-0.3, -0.25) is 4.79 Å². The lowest BCUT2D eigenvalue weighted by atomic mass is 9.87. The Kier molecular flexibility index (Phi) is 4.48. The molecule has 3 N–H and O–H groups in total. The van der Waals surface area contributed by atoms with E-state index in [-0.39, 0.29) is 11.5 Å². The molecule has 0 aromatic heterocycles. The molecule has 0 saturated carbocycles. The second-order valence-electron chi connectivity index (χ2n) is 5.00. The largest absolute Gasteiger partial charge is 0.478 e. The van der Waals surface area contributed by atoms with Crippen LogP contribution in [-0.2, 0) is 0 Å². The molecule has 1 aromatic carbocycles. The summed E-state index contributed by atoms with van der Waals surface area (Å²) < 4.78 is 0. The summed E-state index contributed by atoms with van der Waals surface area (Å²) in [5.41, 5.74) is 6.64. The van der Waals surface area contributed by atoms with Crippen LogP contribution in [0.1, 0.15) is 59.4 Å². The van der Waals surface area contributed by atoms with E-state index in [9.17, 15) is 9.59 Å². The maximum absolute atomic E-state index is 11.4. The molecule has 4 nitrogen and oxygen atoms in total. The summed E-state index contributed by atoms with van der Waals surface area (Å²) in [6.45, 7) is 6.15. The van der Waals surface area contributed by atoms with E-state index < -0.39 is 11.9 Å². The Hall–Kier alpha value is -1.84. The normalized spacial score (nSPS) is 12.4. The van der Waals surface area contributed by atoms with Gasteiger partial charge in [0.2, 0.25) is 5.91 Å². The Morgan fingerprint density at radius 1 is 1.28 bits per heavy atom. The summed E-state index contributed by atoms with van der Waals surface area (Å²) in [5.74, 6) is -0.942. The van der Waals surface area contributed by atoms with Gasteiger partial charge in [-0.25, -0.2) is 4.79 Å². The Labute approximate surface area is 107 Å². The van der Waals surface area contributed by atoms with Crippen LogP contribution in [0.25, 0.3) is 0 Å². The van der Waals surface area contributed by atoms with Crippen molar-refractivity contribution in [1.82, 2.24) is 0 Å². The second-order valence-corrected chi connectivity index (χ2v) is 5.00. The highest BCUT2D eigenvalue weighted by molar-refractivity contribution is 5.96. The molecule has 0 fully saturated rings. The maximum Gasteiger partial charge on any atom is 0.335 e. The van der Waals surface area contributed by atoms with Gasteiger partial charge in [0.05, 0.1) is 5.56 Å². The quantitative estimate of drug-likeness (QED) is 0.841. The zero-order valence-electron chi connectivity index (χ0n) is 10.9. The van der Waals surface area contributed by atoms with Crippen molar-refractivity contribution in [3.8, 4) is 0 Å². The van der Waals surface area contributed by atoms with E-state index in [4.69, 9.17) is 10.8 Å². The summed E-state index contributed by atoms with van der Waals surface area (Å²) >= 11 is 0. The van der Waals surface area contributed by atoms with Crippen molar-refractivity contribution < 1.29 is 14.7 Å². The van der Waals surface area contributed by atoms with Gasteiger partial charge in [0.1, 0.15) is 0 Å². The van der Waals surface area contributed by atoms with Gasteiger partial charge in [-0.05, 0) is 42.0 Å². The molecule has 0 spiro atoms. The third-order valence-corrected chi connectivity index (χ3v) is 2.92. The average molecular weight is 249 g/mol. The van der Waals surface area contributed by atoms with Gasteiger partial charge in [-0.1, -0.05) is 20.8 Å². The van der Waals surface area contributed by atoms with Crippen LogP contribution in [0.3, 0.4) is 0 Å². The Morgan fingerprint density at radius 2 is 1.89 bits per heavy atom. The summed E-state index contributed by atoms with van der Waals surface area (Å²) in [5, 5.41) is 8.99. The van der Waals surface area contributed by atoms with Crippen molar-refractivity contribution in [2.75, 3.05) is 0 Å². The van der Waals surface area contributed by atoms with Crippen molar-refractivity contribution in [3.63, 3.8) is 0 Å². The third-order valence-electron chi connectivity index (χ3n) is 2.92. The number of aromatic carboxylic acids is 1. The Morgan fingerprint density at radius 3 is 2.33 bits per heavy atom. The topological polar surface area (TPSA) is 80.4 Å². The maximum atomic E-state index is 11.4. The lowest BCUT2D eigenvalue weighted by Crippen LogP contribution is -2.16. The Balaban J connectivity index is 3.22. The number of amides is 1. The lowest BCUT2D eigenvalue weighted by Gasteiger charge is -2.17. The molecule has 98 valence electrons. The molecule has 0 radical (unpaired) electrons. The lowest BCUT2D eigenvalue weighted by molar-refractivity contribution is 0.0696. The molecular formula is C14H19NO3. The molecule has 4 heteroatoms. The van der Waals surface area contributed by atoms with E-state index in [1.807, 2.05) is 6.92 Å². The van der Waals surface area contributed by atoms with E-state index in [0.717, 1.165) is 12.0 Å². The number of hydrogen-bond acceptors (Lipinski definition) is 2. The number of primary amides is 1. The number of rotatable bonds is 5. The highest BCUT2D eigenvalue weighted by Gasteiger charge is 2.17. The molecule has 1 amide bonds. The molecule has 0 saturated heterocycles. The fourth-order valence-electron chi connectivity index (χ4n) is 2.16. The monoisotopic (exact) mass is 249 g/mol. The fourth-order valence-corrected chi connectivity index (χ4v) is 2.16. The van der Waals surface area contributed by atoms with Gasteiger partial charge < -0.3 is 10.8 Å². The van der Waals surface area contributed by atoms with Crippen LogP contribution in [0.4, 0.5) is 0 Å². The minimum atomic E-state index is -0.996. The van der Waals surface area contributed by atoms with Crippen molar-refractivity contribution in [2.24, 2.45) is 11.7 Å². The predicted molar refractivity (Wildman–Crippen MR) is 69.8 cm³/mol. The SMILES string of the molecule is CC(C)CC(C)c1cc(C(=O)O)ccc1C(N)=O. The zero-order valence-corrected chi connectivity index (χ0v) is 10.9. The first-order chi connectivity index (χ1) is 8.32. The minimum Gasteiger partial charge on any atom is -0.478 e. The van der Waals surface area contributed by atoms with Gasteiger partial charge in [0.15, 0.2) is 0 Å². The van der Waals surface area contributed by atoms with Gasteiger partial charge >= 0.3 is 5.97 Å². The third kappa shape index (κ3) is 3.32. The number of carbonyl (C=O) groups is 2. The molecule has 18 heavy (non-hydrogen) atoms. The van der Waals surface area contributed by atoms with Crippen LogP contribution >= 0.6 is 0 Å². The van der Waals surface area contributed by atoms with Gasteiger partial charge in [-0.2, -0.15) is 0 Å². The molecule has 0 aliphatic rings. The van der Waals surface area contributed by atoms with Crippen molar-refractivity contribution in [2.45, 2.75) is 33.1 Å². The number of nitrogens with two attached hydrogens (primary N) is 1. The Bertz CT molecular complexity index is 466. The van der Waals surface area contributed by atoms with Gasteiger partial charge in [0, 0.05) is 5.56 Å². The van der Waals surface area contributed by atoms with Crippen LogP contribution in [0, 0.1) is 5.92 Å². The smallest absolute Gasteiger partial charge is 0.335 e. The molecule has 0 aliphatic heterocycles. The van der Waals surface area contributed by atoms with Gasteiger partial charge in [-0.15, -0.1) is 0 Å². The molecule has 0 bridgehead atoms. The van der Waals surface area contributed by atoms with Crippen molar-refractivity contribution in [3.05, 3.63) is 34.9 Å². The van der Waals surface area contributed by atoms with E-state index in [2.05, 4.69) is 13.8 Å². The zero-order chi connectivity index (χ0) is 13.9. The first-order valence-corrected chi connectivity index (χ1v) is 6.00. The number of carbonyl (C=O) groups excluding carboxylic acids is 1. The molecule has 1 unspecified atom stereocenters. The van der Waals surface area contributed by atoms with Crippen molar-refractivity contribution in [1.29, 1.82) is 0 Å². The van der Waals surface area contributed by atoms with E-state index in [0.29, 0.717) is 11.5 Å². The number of benzene rings is 1. The van der Waals surface area contributed by atoms with Crippen LogP contribution in [0.15, 0.2) is 18.2 Å². The highest BCUT2D eigenvalue weighted by Crippen LogP contribution is 2.27. The van der Waals surface area contributed by atoms with Gasteiger partial charge in [0.25, 0.3) is 0 Å².